The fraction of sp³-hybridized carbons (Fsp3) is 0.408. The predicted octanol–water partition coefficient (Wildman–Crippen LogP) is 3.26. The van der Waals surface area contributed by atoms with E-state index in [9.17, 15) is 71.2 Å². The summed E-state index contributed by atoms with van der Waals surface area (Å²) in [5.74, 6) is -12.0. The highest BCUT2D eigenvalue weighted by Crippen LogP contribution is 2.33. The van der Waals surface area contributed by atoms with Crippen molar-refractivity contribution >= 4 is 86.2 Å². The monoisotopic (exact) mass is 1030 g/mol. The summed E-state index contributed by atoms with van der Waals surface area (Å²) in [4.78, 5) is 125. The lowest BCUT2D eigenvalue weighted by atomic mass is 10.1. The number of nitrogens with one attached hydrogen (secondary N) is 6. The number of hydrogen-bond acceptors (Lipinski definition) is 13. The highest BCUT2D eigenvalue weighted by molar-refractivity contribution is 6.12. The number of benzene rings is 2. The van der Waals surface area contributed by atoms with Crippen LogP contribution in [0.1, 0.15) is 85.4 Å². The van der Waals surface area contributed by atoms with E-state index >= 15 is 0 Å². The number of para-hydroxylation sites is 2. The molecule has 4 heterocycles. The topological polar surface area (TPSA) is 306 Å². The number of unbranched alkanes of at least 4 members (excludes halogenated alkanes) is 1. The van der Waals surface area contributed by atoms with Gasteiger partial charge in [0, 0.05) is 68.2 Å². The fourth-order valence-corrected chi connectivity index (χ4v) is 8.36. The van der Waals surface area contributed by atoms with Crippen molar-refractivity contribution in [2.75, 3.05) is 43.4 Å². The van der Waals surface area contributed by atoms with Gasteiger partial charge in [-0.25, -0.2) is 17.6 Å². The fourth-order valence-electron chi connectivity index (χ4n) is 8.36. The Balaban J connectivity index is 0.885. The Hall–Kier alpha value is -8.61. The van der Waals surface area contributed by atoms with Gasteiger partial charge in [0.15, 0.2) is 5.78 Å². The zero-order valence-corrected chi connectivity index (χ0v) is 39.8. The van der Waals surface area contributed by atoms with Crippen LogP contribution in [0.3, 0.4) is 0 Å². The van der Waals surface area contributed by atoms with Crippen molar-refractivity contribution in [2.45, 2.75) is 94.7 Å². The van der Waals surface area contributed by atoms with Crippen LogP contribution in [0.2, 0.25) is 0 Å². The normalized spacial score (nSPS) is 16.8. The number of halogens is 4. The minimum absolute atomic E-state index is 0.0634. The first kappa shape index (κ1) is 54.7. The van der Waals surface area contributed by atoms with Gasteiger partial charge >= 0.3 is 0 Å². The molecule has 0 radical (unpaired) electrons. The molecule has 2 aromatic carbocycles. The Kier molecular flexibility index (Phi) is 17.9. The zero-order valence-electron chi connectivity index (χ0n) is 39.8. The van der Waals surface area contributed by atoms with Gasteiger partial charge in [-0.15, -0.1) is 0 Å². The van der Waals surface area contributed by atoms with E-state index in [1.165, 1.54) is 49.6 Å². The van der Waals surface area contributed by atoms with Gasteiger partial charge in [-0.1, -0.05) is 24.3 Å². The van der Waals surface area contributed by atoms with Crippen LogP contribution in [-0.2, 0) is 33.6 Å². The number of aromatic nitrogens is 2. The third-order valence-corrected chi connectivity index (χ3v) is 12.1. The van der Waals surface area contributed by atoms with E-state index in [4.69, 9.17) is 0 Å². The molecule has 74 heavy (non-hydrogen) atoms. The van der Waals surface area contributed by atoms with Crippen LogP contribution < -0.4 is 31.9 Å². The van der Waals surface area contributed by atoms with Crippen molar-refractivity contribution < 1.29 is 60.7 Å². The van der Waals surface area contributed by atoms with Gasteiger partial charge in [0.25, 0.3) is 23.7 Å². The lowest BCUT2D eigenvalue weighted by Crippen LogP contribution is -2.43. The number of likely N-dealkylation sites (tertiary alicyclic amines) is 2. The van der Waals surface area contributed by atoms with E-state index in [-0.39, 0.29) is 83.4 Å². The minimum Gasteiger partial charge on any atom is -0.356 e. The number of rotatable bonds is 21. The van der Waals surface area contributed by atoms with Crippen molar-refractivity contribution in [3.8, 4) is 12.1 Å². The molecule has 6 rings (SSSR count). The molecule has 25 heteroatoms. The molecule has 388 valence electrons. The van der Waals surface area contributed by atoms with Gasteiger partial charge in [-0.3, -0.25) is 53.1 Å². The SMILES string of the molecule is CC(=O)C(CCCCNC(=O)CCC(=O)Nc1cccc2c(C(=O)NCC(=O)N3CC(F)(F)C[C@H]3C#N)ccnc12)NC(=O)CCC(=O)Nc1cccc2c(C(=O)NCC(=O)N3CC(F)(F)C[C@H]3C#N)ccnc12. The molecule has 2 aliphatic rings. The molecule has 0 spiro atoms. The summed E-state index contributed by atoms with van der Waals surface area (Å²) in [6.07, 6.45) is 1.10. The Bertz CT molecular complexity index is 2960. The molecule has 2 fully saturated rings. The van der Waals surface area contributed by atoms with Crippen LogP contribution in [0, 0.1) is 22.7 Å². The van der Waals surface area contributed by atoms with E-state index in [0.29, 0.717) is 18.2 Å². The maximum atomic E-state index is 13.8. The van der Waals surface area contributed by atoms with Gasteiger partial charge in [0.1, 0.15) is 12.1 Å². The summed E-state index contributed by atoms with van der Waals surface area (Å²) in [7, 11) is 0. The molecule has 2 aliphatic heterocycles. The Labute approximate surface area is 419 Å². The molecule has 4 aromatic rings. The van der Waals surface area contributed by atoms with Gasteiger partial charge in [-0.2, -0.15) is 10.5 Å². The molecular formula is C49H50F4N12O9. The molecule has 0 aliphatic carbocycles. The lowest BCUT2D eigenvalue weighted by Gasteiger charge is -2.19. The number of nitrogens with zero attached hydrogens (tertiary/aromatic N) is 6. The van der Waals surface area contributed by atoms with Gasteiger partial charge in [0.2, 0.25) is 35.4 Å². The number of alkyl halides is 4. The second-order valence-electron chi connectivity index (χ2n) is 17.6. The minimum atomic E-state index is -3.22. The second kappa shape index (κ2) is 24.2. The Morgan fingerprint density at radius 3 is 1.53 bits per heavy atom. The number of ketones is 1. The Morgan fingerprint density at radius 2 is 1.08 bits per heavy atom. The molecule has 0 bridgehead atoms. The van der Waals surface area contributed by atoms with Gasteiger partial charge in [0.05, 0.1) is 77.9 Å². The van der Waals surface area contributed by atoms with Crippen LogP contribution in [0.25, 0.3) is 21.8 Å². The number of nitriles is 2. The number of anilines is 2. The van der Waals surface area contributed by atoms with E-state index in [2.05, 4.69) is 41.9 Å². The largest absolute Gasteiger partial charge is 0.356 e. The summed E-state index contributed by atoms with van der Waals surface area (Å²) in [6, 6.07) is 11.8. The highest BCUT2D eigenvalue weighted by Gasteiger charge is 2.48. The zero-order chi connectivity index (χ0) is 53.7. The van der Waals surface area contributed by atoms with Gasteiger partial charge < -0.3 is 41.7 Å². The van der Waals surface area contributed by atoms with Crippen LogP contribution in [0.5, 0.6) is 0 Å². The highest BCUT2D eigenvalue weighted by atomic mass is 19.3. The van der Waals surface area contributed by atoms with Crippen LogP contribution in [-0.4, -0.2) is 136 Å². The quantitative estimate of drug-likeness (QED) is 0.0517. The van der Waals surface area contributed by atoms with Crippen molar-refractivity contribution in [2.24, 2.45) is 0 Å². The molecule has 2 aromatic heterocycles. The second-order valence-corrected chi connectivity index (χ2v) is 17.6. The summed E-state index contributed by atoms with van der Waals surface area (Å²) in [5, 5.41) is 34.4. The van der Waals surface area contributed by atoms with Gasteiger partial charge in [-0.05, 0) is 50.5 Å². The summed E-state index contributed by atoms with van der Waals surface area (Å²) < 4.78 is 55.3. The first-order chi connectivity index (χ1) is 35.2. The summed E-state index contributed by atoms with van der Waals surface area (Å²) in [6.45, 7) is -1.65. The average Bonchev–Trinajstić information content (AvgIpc) is 3.88. The van der Waals surface area contributed by atoms with Crippen molar-refractivity contribution in [3.05, 3.63) is 72.1 Å². The number of carbonyl (C=O) groups excluding carboxylic acids is 9. The van der Waals surface area contributed by atoms with Crippen molar-refractivity contribution in [3.63, 3.8) is 0 Å². The molecule has 21 nitrogen and oxygen atoms in total. The lowest BCUT2D eigenvalue weighted by molar-refractivity contribution is -0.132. The third-order valence-electron chi connectivity index (χ3n) is 12.1. The standard InChI is InChI=1S/C49H50F4N12O9/c1-28(66)35(61-39(68)13-14-41(70)63-37-10-5-7-32-34(16-19-58-45(32)37)47(74)60-25-43(72)65-27-49(52,53)21-30(65)23-55)8-2-3-17-56-38(67)11-12-40(69)62-36-9-4-6-31-33(15-18-57-44(31)36)46(73)59-24-42(71)64-26-48(50,51)20-29(64)22-54/h4-7,9-10,15-16,18-19,29-30,35H,2-3,8,11-14,17,20-21,24-27H2,1H3,(H,56,67)(H,59,73)(H,60,74)(H,61,68)(H,62,69)(H,63,70)/t29-,30-,35?/m0/s1. The van der Waals surface area contributed by atoms with E-state index in [0.717, 1.165) is 9.80 Å². The molecular weight excluding hydrogens is 977 g/mol. The van der Waals surface area contributed by atoms with Crippen LogP contribution in [0.15, 0.2) is 60.9 Å². The molecule has 6 N–H and O–H groups in total. The number of hydrogen-bond donors (Lipinski definition) is 6. The number of carbonyl (C=O) groups is 9. The number of fused-ring (bicyclic) bond motifs is 2. The van der Waals surface area contributed by atoms with E-state index in [1.807, 2.05) is 0 Å². The molecule has 8 amide bonds. The average molecular weight is 1030 g/mol. The molecule has 0 saturated carbocycles. The molecule has 2 saturated heterocycles. The van der Waals surface area contributed by atoms with E-state index in [1.54, 1.807) is 30.3 Å². The van der Waals surface area contributed by atoms with Crippen LogP contribution >= 0.6 is 0 Å². The Morgan fingerprint density at radius 1 is 0.635 bits per heavy atom. The predicted molar refractivity (Wildman–Crippen MR) is 255 cm³/mol. The van der Waals surface area contributed by atoms with Crippen molar-refractivity contribution in [1.29, 1.82) is 10.5 Å². The molecule has 3 atom stereocenters. The van der Waals surface area contributed by atoms with E-state index < -0.39 is 116 Å². The third kappa shape index (κ3) is 14.3. The number of pyridine rings is 2. The summed E-state index contributed by atoms with van der Waals surface area (Å²) >= 11 is 0. The first-order valence-corrected chi connectivity index (χ1v) is 23.3. The maximum absolute atomic E-state index is 13.8. The first-order valence-electron chi connectivity index (χ1n) is 23.3. The smallest absolute Gasteiger partial charge is 0.268 e. The number of amides is 8. The number of Topliss-reactive ketones (excluding diaryl/α,β-unsaturated/α-hetero) is 1. The van der Waals surface area contributed by atoms with Crippen LogP contribution in [0.4, 0.5) is 28.9 Å². The maximum Gasteiger partial charge on any atom is 0.268 e. The van der Waals surface area contributed by atoms with Crippen molar-refractivity contribution in [1.82, 2.24) is 41.0 Å². The molecule has 1 unspecified atom stereocenters. The summed E-state index contributed by atoms with van der Waals surface area (Å²) in [5.41, 5.74) is 1.00.